The second kappa shape index (κ2) is 4.78. The molecule has 1 saturated carbocycles. The second-order valence-electron chi connectivity index (χ2n) is 4.67. The molecule has 0 spiro atoms. The molecule has 0 saturated heterocycles. The monoisotopic (exact) mass is 253 g/mol. The molecule has 1 aromatic carbocycles. The quantitative estimate of drug-likeness (QED) is 0.807. The lowest BCUT2D eigenvalue weighted by molar-refractivity contribution is 0.399. The Morgan fingerprint density at radius 3 is 2.59 bits per heavy atom. The van der Waals surface area contributed by atoms with Crippen molar-refractivity contribution in [3.8, 4) is 0 Å². The Morgan fingerprint density at radius 2 is 2.06 bits per heavy atom. The molecule has 0 unspecified atom stereocenters. The van der Waals surface area contributed by atoms with Crippen LogP contribution in [0, 0.1) is 6.92 Å². The number of nitrogens with zero attached hydrogens (tertiary/aromatic N) is 1. The predicted octanol–water partition coefficient (Wildman–Crippen LogP) is 2.31. The highest BCUT2D eigenvalue weighted by molar-refractivity contribution is 7.89. The first-order chi connectivity index (χ1) is 8.03. The van der Waals surface area contributed by atoms with Gasteiger partial charge in [-0.1, -0.05) is 29.8 Å². The summed E-state index contributed by atoms with van der Waals surface area (Å²) in [6.45, 7) is 4.25. The van der Waals surface area contributed by atoms with Gasteiger partial charge in [-0.15, -0.1) is 0 Å². The lowest BCUT2D eigenvalue weighted by atomic mass is 10.1. The van der Waals surface area contributed by atoms with Gasteiger partial charge in [-0.05, 0) is 32.3 Å². The van der Waals surface area contributed by atoms with E-state index in [1.54, 1.807) is 11.2 Å². The van der Waals surface area contributed by atoms with Crippen LogP contribution in [0.2, 0.25) is 0 Å². The van der Waals surface area contributed by atoms with Gasteiger partial charge in [-0.2, -0.15) is 4.31 Å². The minimum atomic E-state index is -3.07. The van der Waals surface area contributed by atoms with Gasteiger partial charge in [0.15, 0.2) is 0 Å². The van der Waals surface area contributed by atoms with Crippen molar-refractivity contribution in [3.63, 3.8) is 0 Å². The molecular weight excluding hydrogens is 234 g/mol. The van der Waals surface area contributed by atoms with E-state index < -0.39 is 10.0 Å². The molecule has 1 aromatic rings. The second-order valence-corrected chi connectivity index (χ2v) is 6.88. The van der Waals surface area contributed by atoms with Crippen LogP contribution in [0.25, 0.3) is 0 Å². The van der Waals surface area contributed by atoms with Gasteiger partial charge in [0.1, 0.15) is 0 Å². The fourth-order valence-electron chi connectivity index (χ4n) is 1.97. The summed E-state index contributed by atoms with van der Waals surface area (Å²) in [5, 5.41) is 0. The van der Waals surface area contributed by atoms with E-state index in [1.807, 2.05) is 25.1 Å². The summed E-state index contributed by atoms with van der Waals surface area (Å²) < 4.78 is 25.7. The number of hydrogen-bond acceptors (Lipinski definition) is 2. The summed E-state index contributed by atoms with van der Waals surface area (Å²) >= 11 is 0. The molecule has 1 fully saturated rings. The Labute approximate surface area is 104 Å². The summed E-state index contributed by atoms with van der Waals surface area (Å²) in [6.07, 6.45) is 2.01. The molecule has 17 heavy (non-hydrogen) atoms. The Hall–Kier alpha value is -0.870. The zero-order valence-electron chi connectivity index (χ0n) is 10.4. The molecule has 0 bridgehead atoms. The molecule has 1 aliphatic rings. The summed E-state index contributed by atoms with van der Waals surface area (Å²) in [5.41, 5.74) is 2.25. The van der Waals surface area contributed by atoms with Crippen LogP contribution in [-0.4, -0.2) is 24.5 Å². The Morgan fingerprint density at radius 1 is 1.35 bits per heavy atom. The average molecular weight is 253 g/mol. The lowest BCUT2D eigenvalue weighted by Crippen LogP contribution is -2.33. The highest BCUT2D eigenvalue weighted by atomic mass is 32.2. The van der Waals surface area contributed by atoms with Crippen molar-refractivity contribution in [1.82, 2.24) is 4.31 Å². The zero-order valence-corrected chi connectivity index (χ0v) is 11.2. The smallest absolute Gasteiger partial charge is 0.212 e. The minimum absolute atomic E-state index is 0.190. The number of sulfonamides is 1. The van der Waals surface area contributed by atoms with Gasteiger partial charge < -0.3 is 0 Å². The molecule has 0 amide bonds. The summed E-state index contributed by atoms with van der Waals surface area (Å²) in [5.74, 6) is 0.190. The molecule has 1 aliphatic carbocycles. The van der Waals surface area contributed by atoms with Crippen molar-refractivity contribution in [2.75, 3.05) is 5.75 Å². The molecule has 0 aliphatic heterocycles. The van der Waals surface area contributed by atoms with E-state index in [9.17, 15) is 8.42 Å². The third-order valence-corrected chi connectivity index (χ3v) is 4.97. The van der Waals surface area contributed by atoms with Gasteiger partial charge in [0.2, 0.25) is 10.0 Å². The van der Waals surface area contributed by atoms with E-state index in [4.69, 9.17) is 0 Å². The Kier molecular flexibility index (Phi) is 3.54. The first-order valence-electron chi connectivity index (χ1n) is 6.08. The highest BCUT2D eigenvalue weighted by Crippen LogP contribution is 2.31. The molecule has 0 aromatic heterocycles. The van der Waals surface area contributed by atoms with Crippen LogP contribution in [0.3, 0.4) is 0 Å². The maximum absolute atomic E-state index is 12.0. The molecule has 0 radical (unpaired) electrons. The fraction of sp³-hybridized carbons (Fsp3) is 0.538. The van der Waals surface area contributed by atoms with Crippen molar-refractivity contribution >= 4 is 10.0 Å². The normalized spacial score (nSPS) is 16.4. The lowest BCUT2D eigenvalue weighted by Gasteiger charge is -2.21. The number of benzene rings is 1. The number of hydrogen-bond donors (Lipinski definition) is 0. The molecule has 0 heterocycles. The topological polar surface area (TPSA) is 37.4 Å². The van der Waals surface area contributed by atoms with E-state index in [2.05, 4.69) is 6.07 Å². The minimum Gasteiger partial charge on any atom is -0.212 e. The largest absolute Gasteiger partial charge is 0.214 e. The maximum atomic E-state index is 12.0. The third-order valence-electron chi connectivity index (χ3n) is 3.10. The van der Waals surface area contributed by atoms with E-state index in [0.717, 1.165) is 18.4 Å². The molecule has 94 valence electrons. The first-order valence-corrected chi connectivity index (χ1v) is 7.69. The summed E-state index contributed by atoms with van der Waals surface area (Å²) in [7, 11) is -3.07. The molecule has 0 atom stereocenters. The molecule has 2 rings (SSSR count). The molecular formula is C13H19NO2S. The van der Waals surface area contributed by atoms with Gasteiger partial charge in [0.05, 0.1) is 5.75 Å². The number of rotatable bonds is 5. The third kappa shape index (κ3) is 3.07. The standard InChI is InChI=1S/C13H19NO2S/c1-3-17(15,16)14(13-7-8-13)10-12-6-4-5-11(2)9-12/h4-6,9,13H,3,7-8,10H2,1-2H3. The van der Waals surface area contributed by atoms with Crippen molar-refractivity contribution in [2.24, 2.45) is 0 Å². The van der Waals surface area contributed by atoms with Crippen LogP contribution >= 0.6 is 0 Å². The van der Waals surface area contributed by atoms with Gasteiger partial charge in [-0.25, -0.2) is 8.42 Å². The van der Waals surface area contributed by atoms with Gasteiger partial charge in [-0.3, -0.25) is 0 Å². The van der Waals surface area contributed by atoms with Crippen LogP contribution in [0.4, 0.5) is 0 Å². The average Bonchev–Trinajstić information content (AvgIpc) is 3.10. The first kappa shape index (κ1) is 12.6. The van der Waals surface area contributed by atoms with Crippen LogP contribution in [0.15, 0.2) is 24.3 Å². The van der Waals surface area contributed by atoms with Gasteiger partial charge >= 0.3 is 0 Å². The summed E-state index contributed by atoms with van der Waals surface area (Å²) in [6, 6.07) is 8.29. The predicted molar refractivity (Wildman–Crippen MR) is 69.2 cm³/mol. The van der Waals surface area contributed by atoms with Crippen molar-refractivity contribution in [2.45, 2.75) is 39.3 Å². The van der Waals surface area contributed by atoms with Gasteiger partial charge in [0, 0.05) is 12.6 Å². The maximum Gasteiger partial charge on any atom is 0.214 e. The van der Waals surface area contributed by atoms with Crippen molar-refractivity contribution < 1.29 is 8.42 Å². The molecule has 3 nitrogen and oxygen atoms in total. The molecule has 4 heteroatoms. The molecule has 0 N–H and O–H groups in total. The zero-order chi connectivity index (χ0) is 12.5. The van der Waals surface area contributed by atoms with Gasteiger partial charge in [0.25, 0.3) is 0 Å². The van der Waals surface area contributed by atoms with Crippen LogP contribution in [-0.2, 0) is 16.6 Å². The van der Waals surface area contributed by atoms with E-state index in [-0.39, 0.29) is 11.8 Å². The van der Waals surface area contributed by atoms with Crippen molar-refractivity contribution in [1.29, 1.82) is 0 Å². The van der Waals surface area contributed by atoms with E-state index in [0.29, 0.717) is 6.54 Å². The number of aryl methyl sites for hydroxylation is 1. The van der Waals surface area contributed by atoms with Crippen molar-refractivity contribution in [3.05, 3.63) is 35.4 Å². The van der Waals surface area contributed by atoms with E-state index in [1.165, 1.54) is 5.56 Å². The fourth-order valence-corrected chi connectivity index (χ4v) is 3.32. The Bertz CT molecular complexity index is 492. The van der Waals surface area contributed by atoms with Crippen LogP contribution in [0.5, 0.6) is 0 Å². The van der Waals surface area contributed by atoms with Crippen LogP contribution in [0.1, 0.15) is 30.9 Å². The highest BCUT2D eigenvalue weighted by Gasteiger charge is 2.36. The SMILES string of the molecule is CCS(=O)(=O)N(Cc1cccc(C)c1)C1CC1. The summed E-state index contributed by atoms with van der Waals surface area (Å²) in [4.78, 5) is 0. The van der Waals surface area contributed by atoms with Crippen LogP contribution < -0.4 is 0 Å². The van der Waals surface area contributed by atoms with E-state index >= 15 is 0 Å². The Balaban J connectivity index is 2.19.